The van der Waals surface area contributed by atoms with Gasteiger partial charge in [0.05, 0.1) is 0 Å². The van der Waals surface area contributed by atoms with E-state index >= 15 is 0 Å². The maximum Gasteiger partial charge on any atom is 0.162 e. The quantitative estimate of drug-likeness (QED) is 0.751. The molecule has 0 unspecified atom stereocenters. The van der Waals surface area contributed by atoms with Crippen molar-refractivity contribution in [3.8, 4) is 17.5 Å². The average molecular weight is 196 g/mol. The van der Waals surface area contributed by atoms with Crippen LogP contribution in [0.2, 0.25) is 0 Å². The third-order valence-electron chi connectivity index (χ3n) is 1.89. The van der Waals surface area contributed by atoms with E-state index in [1.807, 2.05) is 36.4 Å². The van der Waals surface area contributed by atoms with Crippen LogP contribution in [0.25, 0.3) is 11.4 Å². The molecule has 0 spiro atoms. The van der Waals surface area contributed by atoms with Crippen molar-refractivity contribution in [2.75, 3.05) is 5.73 Å². The number of nitrogens with two attached hydrogens (primary N) is 1. The minimum atomic E-state index is 0.279. The molecule has 4 nitrogen and oxygen atoms in total. The van der Waals surface area contributed by atoms with Gasteiger partial charge in [0.2, 0.25) is 0 Å². The molecule has 0 bridgehead atoms. The van der Waals surface area contributed by atoms with Crippen LogP contribution < -0.4 is 5.73 Å². The van der Waals surface area contributed by atoms with Crippen LogP contribution in [0.4, 0.5) is 5.82 Å². The lowest BCUT2D eigenvalue weighted by atomic mass is 10.2. The number of hydrogen-bond donors (Lipinski definition) is 1. The summed E-state index contributed by atoms with van der Waals surface area (Å²) in [6.07, 6.45) is 0. The molecular weight excluding hydrogens is 188 g/mol. The van der Waals surface area contributed by atoms with Crippen LogP contribution in [-0.4, -0.2) is 9.97 Å². The first-order valence-electron chi connectivity index (χ1n) is 4.39. The van der Waals surface area contributed by atoms with Gasteiger partial charge in [0.15, 0.2) is 5.82 Å². The maximum absolute atomic E-state index is 8.74. The molecule has 0 radical (unpaired) electrons. The summed E-state index contributed by atoms with van der Waals surface area (Å²) in [7, 11) is 0. The molecule has 1 aromatic heterocycles. The standard InChI is InChI=1S/C11H8N4/c12-7-9-6-10(13)15-11(14-9)8-4-2-1-3-5-8/h1-6H,(H2,13,14,15). The van der Waals surface area contributed by atoms with Gasteiger partial charge in [-0.3, -0.25) is 0 Å². The first-order chi connectivity index (χ1) is 7.29. The Morgan fingerprint density at radius 1 is 1.13 bits per heavy atom. The summed E-state index contributed by atoms with van der Waals surface area (Å²) < 4.78 is 0. The van der Waals surface area contributed by atoms with Crippen molar-refractivity contribution in [3.05, 3.63) is 42.1 Å². The van der Waals surface area contributed by atoms with E-state index in [-0.39, 0.29) is 5.69 Å². The van der Waals surface area contributed by atoms with Gasteiger partial charge < -0.3 is 5.73 Å². The molecule has 0 saturated carbocycles. The fraction of sp³-hybridized carbons (Fsp3) is 0. The second-order valence-corrected chi connectivity index (χ2v) is 2.98. The number of benzene rings is 1. The van der Waals surface area contributed by atoms with Crippen molar-refractivity contribution in [3.63, 3.8) is 0 Å². The second kappa shape index (κ2) is 3.76. The molecular formula is C11H8N4. The SMILES string of the molecule is N#Cc1cc(N)nc(-c2ccccc2)n1. The van der Waals surface area contributed by atoms with E-state index in [0.717, 1.165) is 5.56 Å². The van der Waals surface area contributed by atoms with Crippen LogP contribution in [0.1, 0.15) is 5.69 Å². The molecule has 2 aromatic rings. The molecule has 72 valence electrons. The third kappa shape index (κ3) is 1.92. The van der Waals surface area contributed by atoms with Crippen LogP contribution in [0.15, 0.2) is 36.4 Å². The summed E-state index contributed by atoms with van der Waals surface area (Å²) in [5.41, 5.74) is 6.70. The van der Waals surface area contributed by atoms with Crippen molar-refractivity contribution in [1.29, 1.82) is 5.26 Å². The van der Waals surface area contributed by atoms with Gasteiger partial charge in [-0.1, -0.05) is 30.3 Å². The monoisotopic (exact) mass is 196 g/mol. The molecule has 0 atom stereocenters. The molecule has 1 heterocycles. The van der Waals surface area contributed by atoms with Crippen molar-refractivity contribution in [2.24, 2.45) is 0 Å². The molecule has 15 heavy (non-hydrogen) atoms. The molecule has 2 rings (SSSR count). The summed E-state index contributed by atoms with van der Waals surface area (Å²) in [4.78, 5) is 8.14. The Kier molecular flexibility index (Phi) is 2.30. The lowest BCUT2D eigenvalue weighted by Crippen LogP contribution is -1.97. The number of rotatable bonds is 1. The molecule has 1 aromatic carbocycles. The number of nitrogen functional groups attached to an aromatic ring is 1. The molecule has 0 amide bonds. The Balaban J connectivity index is 2.55. The summed E-state index contributed by atoms with van der Waals surface area (Å²) >= 11 is 0. The van der Waals surface area contributed by atoms with Crippen LogP contribution in [0.3, 0.4) is 0 Å². The van der Waals surface area contributed by atoms with E-state index in [1.165, 1.54) is 6.07 Å². The first-order valence-corrected chi connectivity index (χ1v) is 4.39. The van der Waals surface area contributed by atoms with Gasteiger partial charge in [-0.15, -0.1) is 0 Å². The second-order valence-electron chi connectivity index (χ2n) is 2.98. The van der Waals surface area contributed by atoms with E-state index in [0.29, 0.717) is 11.6 Å². The third-order valence-corrected chi connectivity index (χ3v) is 1.89. The van der Waals surface area contributed by atoms with E-state index in [9.17, 15) is 0 Å². The topological polar surface area (TPSA) is 75.6 Å². The summed E-state index contributed by atoms with van der Waals surface area (Å²) in [5, 5.41) is 8.74. The Bertz CT molecular complexity index is 514. The Labute approximate surface area is 87.0 Å². The minimum Gasteiger partial charge on any atom is -0.384 e. The van der Waals surface area contributed by atoms with Crippen molar-refractivity contribution in [1.82, 2.24) is 9.97 Å². The van der Waals surface area contributed by atoms with Crippen LogP contribution in [0, 0.1) is 11.3 Å². The normalized spacial score (nSPS) is 9.53. The summed E-state index contributed by atoms with van der Waals surface area (Å²) in [6.45, 7) is 0. The fourth-order valence-corrected chi connectivity index (χ4v) is 1.24. The number of anilines is 1. The smallest absolute Gasteiger partial charge is 0.162 e. The van der Waals surface area contributed by atoms with Gasteiger partial charge in [0, 0.05) is 11.6 Å². The van der Waals surface area contributed by atoms with E-state index < -0.39 is 0 Å². The van der Waals surface area contributed by atoms with Gasteiger partial charge in [0.25, 0.3) is 0 Å². The van der Waals surface area contributed by atoms with Gasteiger partial charge in [0.1, 0.15) is 17.6 Å². The summed E-state index contributed by atoms with van der Waals surface area (Å²) in [6, 6.07) is 12.8. The number of hydrogen-bond acceptors (Lipinski definition) is 4. The predicted octanol–water partition coefficient (Wildman–Crippen LogP) is 1.60. The van der Waals surface area contributed by atoms with Gasteiger partial charge >= 0.3 is 0 Å². The molecule has 0 saturated heterocycles. The maximum atomic E-state index is 8.74. The van der Waals surface area contributed by atoms with Crippen molar-refractivity contribution in [2.45, 2.75) is 0 Å². The zero-order valence-corrected chi connectivity index (χ0v) is 7.88. The number of aromatic nitrogens is 2. The van der Waals surface area contributed by atoms with Gasteiger partial charge in [-0.25, -0.2) is 9.97 Å². The number of nitriles is 1. The Hall–Kier alpha value is -2.41. The van der Waals surface area contributed by atoms with Crippen LogP contribution in [-0.2, 0) is 0 Å². The fourth-order valence-electron chi connectivity index (χ4n) is 1.24. The zero-order valence-electron chi connectivity index (χ0n) is 7.88. The minimum absolute atomic E-state index is 0.279. The van der Waals surface area contributed by atoms with E-state index in [1.54, 1.807) is 0 Å². The van der Waals surface area contributed by atoms with Crippen molar-refractivity contribution >= 4 is 5.82 Å². The predicted molar refractivity (Wildman–Crippen MR) is 56.6 cm³/mol. The molecule has 2 N–H and O–H groups in total. The zero-order chi connectivity index (χ0) is 10.7. The average Bonchev–Trinajstić information content (AvgIpc) is 2.29. The van der Waals surface area contributed by atoms with E-state index in [2.05, 4.69) is 9.97 Å². The van der Waals surface area contributed by atoms with Crippen LogP contribution >= 0.6 is 0 Å². The highest BCUT2D eigenvalue weighted by Crippen LogP contribution is 2.15. The Morgan fingerprint density at radius 3 is 2.53 bits per heavy atom. The molecule has 0 aliphatic heterocycles. The van der Waals surface area contributed by atoms with Crippen molar-refractivity contribution < 1.29 is 0 Å². The Morgan fingerprint density at radius 2 is 1.87 bits per heavy atom. The lowest BCUT2D eigenvalue weighted by molar-refractivity contribution is 1.16. The highest BCUT2D eigenvalue weighted by Gasteiger charge is 2.03. The molecule has 4 heteroatoms. The highest BCUT2D eigenvalue weighted by molar-refractivity contribution is 5.57. The van der Waals surface area contributed by atoms with Crippen LogP contribution in [0.5, 0.6) is 0 Å². The molecule has 0 aliphatic rings. The van der Waals surface area contributed by atoms with E-state index in [4.69, 9.17) is 11.0 Å². The van der Waals surface area contributed by atoms with Gasteiger partial charge in [-0.2, -0.15) is 5.26 Å². The number of nitrogens with zero attached hydrogens (tertiary/aromatic N) is 3. The molecule has 0 aliphatic carbocycles. The lowest BCUT2D eigenvalue weighted by Gasteiger charge is -2.01. The van der Waals surface area contributed by atoms with Gasteiger partial charge in [-0.05, 0) is 0 Å². The summed E-state index contributed by atoms with van der Waals surface area (Å²) in [5.74, 6) is 0.785. The largest absolute Gasteiger partial charge is 0.384 e. The first kappa shape index (κ1) is 9.16. The highest BCUT2D eigenvalue weighted by atomic mass is 14.9. The molecule has 0 fully saturated rings.